The van der Waals surface area contributed by atoms with Crippen LogP contribution in [0.1, 0.15) is 0 Å². The number of nitrogens with two attached hydrogens (primary N) is 1. The molecule has 0 unspecified atom stereocenters. The Hall–Kier alpha value is -1.94. The molecule has 24 heavy (non-hydrogen) atoms. The van der Waals surface area contributed by atoms with Crippen LogP contribution < -0.4 is 11.1 Å². The fraction of sp³-hybridized carbons (Fsp3) is 0.333. The van der Waals surface area contributed by atoms with Crippen molar-refractivity contribution >= 4 is 22.4 Å². The van der Waals surface area contributed by atoms with Crippen molar-refractivity contribution in [3.8, 4) is 11.1 Å². The molecule has 0 amide bonds. The smallest absolute Gasteiger partial charge is 0.149 e. The zero-order chi connectivity index (χ0) is 17.9. The topological polar surface area (TPSA) is 85.5 Å². The van der Waals surface area contributed by atoms with Crippen molar-refractivity contribution < 1.29 is 12.8 Å². The van der Waals surface area contributed by atoms with E-state index >= 15 is 0 Å². The zero-order valence-corrected chi connectivity index (χ0v) is 15.1. The second-order valence-electron chi connectivity index (χ2n) is 5.03. The van der Waals surface area contributed by atoms with Crippen LogP contribution in [-0.4, -0.2) is 49.6 Å². The van der Waals surface area contributed by atoms with Gasteiger partial charge >= 0.3 is 0 Å². The fourth-order valence-corrected chi connectivity index (χ4v) is 4.43. The Balaban J connectivity index is 2.65. The lowest BCUT2D eigenvalue weighted by Crippen LogP contribution is -2.24. The number of nitrogen functional groups attached to an aromatic ring is 1. The summed E-state index contributed by atoms with van der Waals surface area (Å²) < 4.78 is 27.3. The number of pyridine rings is 2. The maximum Gasteiger partial charge on any atom is 0.149 e. The minimum atomic E-state index is -2.27. The van der Waals surface area contributed by atoms with Gasteiger partial charge in [0.1, 0.15) is 22.3 Å². The number of nitrogens with zero attached hydrogens (tertiary/aromatic N) is 3. The van der Waals surface area contributed by atoms with Crippen molar-refractivity contribution in [2.24, 2.45) is 0 Å². The van der Waals surface area contributed by atoms with Gasteiger partial charge in [-0.3, -0.25) is 8.37 Å². The highest BCUT2D eigenvalue weighted by Gasteiger charge is 2.28. The van der Waals surface area contributed by atoms with E-state index in [-0.39, 0.29) is 5.82 Å². The Morgan fingerprint density at radius 1 is 1.17 bits per heavy atom. The van der Waals surface area contributed by atoms with Crippen molar-refractivity contribution in [1.82, 2.24) is 14.3 Å². The van der Waals surface area contributed by atoms with E-state index in [1.807, 2.05) is 14.1 Å². The maximum atomic E-state index is 14.2. The van der Waals surface area contributed by atoms with Crippen LogP contribution in [0.25, 0.3) is 11.1 Å². The molecule has 0 radical (unpaired) electrons. The Labute approximate surface area is 142 Å². The summed E-state index contributed by atoms with van der Waals surface area (Å²) in [7, 11) is 6.17. The lowest BCUT2D eigenvalue weighted by molar-refractivity contribution is 0.305. The third-order valence-electron chi connectivity index (χ3n) is 3.51. The number of hydrogen-bond acceptors (Lipinski definition) is 7. The lowest BCUT2D eigenvalue weighted by atomic mass is 10.1. The van der Waals surface area contributed by atoms with E-state index in [4.69, 9.17) is 14.1 Å². The molecule has 9 heteroatoms. The number of hydrogen-bond donors (Lipinski definition) is 2. The van der Waals surface area contributed by atoms with Gasteiger partial charge in [0.2, 0.25) is 0 Å². The van der Waals surface area contributed by atoms with Gasteiger partial charge in [-0.1, -0.05) is 0 Å². The molecule has 2 heterocycles. The van der Waals surface area contributed by atoms with Crippen LogP contribution in [-0.2, 0) is 8.37 Å². The summed E-state index contributed by atoms with van der Waals surface area (Å²) in [6.07, 6.45) is 2.68. The van der Waals surface area contributed by atoms with Crippen molar-refractivity contribution in [1.29, 1.82) is 0 Å². The van der Waals surface area contributed by atoms with Gasteiger partial charge in [0, 0.05) is 38.5 Å². The molecule has 3 N–H and O–H groups in total. The molecular formula is C15H22FN5O2S. The number of halogens is 1. The quantitative estimate of drug-likeness (QED) is 0.824. The van der Waals surface area contributed by atoms with Gasteiger partial charge in [-0.05, 0) is 12.1 Å². The van der Waals surface area contributed by atoms with Crippen molar-refractivity contribution in [2.45, 2.75) is 4.90 Å². The van der Waals surface area contributed by atoms with Gasteiger partial charge in [0.05, 0.1) is 20.4 Å². The molecule has 0 bridgehead atoms. The molecule has 0 atom stereocenters. The van der Waals surface area contributed by atoms with Crippen LogP contribution in [0.5, 0.6) is 0 Å². The van der Waals surface area contributed by atoms with Crippen LogP contribution in [0.3, 0.4) is 0 Å². The van der Waals surface area contributed by atoms with E-state index in [1.54, 1.807) is 23.5 Å². The van der Waals surface area contributed by atoms with Crippen molar-refractivity contribution in [3.05, 3.63) is 30.3 Å². The molecule has 0 saturated carbocycles. The van der Waals surface area contributed by atoms with Crippen LogP contribution in [0.2, 0.25) is 0 Å². The summed E-state index contributed by atoms with van der Waals surface area (Å²) in [4.78, 5) is 8.72. The Morgan fingerprint density at radius 3 is 2.38 bits per heavy atom. The van der Waals surface area contributed by atoms with Crippen LogP contribution in [0.4, 0.5) is 16.0 Å². The highest BCUT2D eigenvalue weighted by Crippen LogP contribution is 2.60. The second-order valence-corrected chi connectivity index (χ2v) is 7.81. The molecule has 2 aromatic rings. The molecule has 0 aliphatic heterocycles. The molecule has 0 aliphatic rings. The highest BCUT2D eigenvalue weighted by atomic mass is 32.3. The summed E-state index contributed by atoms with van der Waals surface area (Å²) in [5.41, 5.74) is 6.96. The largest absolute Gasteiger partial charge is 0.382 e. The van der Waals surface area contributed by atoms with E-state index in [2.05, 4.69) is 15.3 Å². The molecule has 0 aliphatic carbocycles. The van der Waals surface area contributed by atoms with Crippen molar-refractivity contribution in [2.75, 3.05) is 46.4 Å². The van der Waals surface area contributed by atoms with Gasteiger partial charge in [0.25, 0.3) is 0 Å². The van der Waals surface area contributed by atoms with Gasteiger partial charge in [-0.2, -0.15) is 0 Å². The third-order valence-corrected chi connectivity index (χ3v) is 6.26. The number of anilines is 2. The van der Waals surface area contributed by atoms with E-state index in [9.17, 15) is 4.39 Å². The number of nitrogens with one attached hydrogen (secondary N) is 1. The van der Waals surface area contributed by atoms with Crippen LogP contribution >= 0.6 is 10.8 Å². The first-order valence-corrected chi connectivity index (χ1v) is 8.54. The van der Waals surface area contributed by atoms with Gasteiger partial charge in [0.15, 0.2) is 0 Å². The summed E-state index contributed by atoms with van der Waals surface area (Å²) in [5, 5.41) is 2.89. The van der Waals surface area contributed by atoms with Gasteiger partial charge < -0.3 is 11.1 Å². The Kier molecular flexibility index (Phi) is 5.60. The first-order valence-electron chi connectivity index (χ1n) is 7.10. The average molecular weight is 355 g/mol. The van der Waals surface area contributed by atoms with E-state index in [0.29, 0.717) is 21.8 Å². The lowest BCUT2D eigenvalue weighted by Gasteiger charge is -2.45. The van der Waals surface area contributed by atoms with Crippen LogP contribution in [0, 0.1) is 5.82 Å². The summed E-state index contributed by atoms with van der Waals surface area (Å²) in [5.74, 6) is 0.371. The number of rotatable bonds is 6. The number of aromatic nitrogens is 2. The van der Waals surface area contributed by atoms with Gasteiger partial charge in [-0.25, -0.2) is 18.7 Å². The highest BCUT2D eigenvalue weighted by molar-refractivity contribution is 8.24. The molecule has 2 aromatic heterocycles. The Morgan fingerprint density at radius 2 is 1.83 bits per heavy atom. The molecule has 7 nitrogen and oxygen atoms in total. The zero-order valence-electron chi connectivity index (χ0n) is 14.3. The minimum Gasteiger partial charge on any atom is -0.382 e. The standard InChI is InChI=1S/C15H22FN5O2S/c1-18-14-7-11(12(16)9-19-14)10-6-13(15(17)20-8-10)24(22-4,23-5)21(2)3/h6-9H,1-5H3,(H2,17,20)(H,18,19). The first-order chi connectivity index (χ1) is 11.4. The monoisotopic (exact) mass is 355 g/mol. The van der Waals surface area contributed by atoms with E-state index in [1.165, 1.54) is 20.4 Å². The molecule has 0 fully saturated rings. The fourth-order valence-electron chi connectivity index (χ4n) is 2.35. The van der Waals surface area contributed by atoms with Gasteiger partial charge in [-0.15, -0.1) is 10.8 Å². The molecule has 0 spiro atoms. The summed E-state index contributed by atoms with van der Waals surface area (Å²) >= 11 is 0. The average Bonchev–Trinajstić information content (AvgIpc) is 2.58. The maximum absolute atomic E-state index is 14.2. The first kappa shape index (κ1) is 18.4. The summed E-state index contributed by atoms with van der Waals surface area (Å²) in [6.45, 7) is 0. The predicted octanol–water partition coefficient (Wildman–Crippen LogP) is 2.67. The second kappa shape index (κ2) is 7.31. The van der Waals surface area contributed by atoms with E-state index < -0.39 is 16.6 Å². The molecule has 0 saturated heterocycles. The molecule has 0 aromatic carbocycles. The normalized spacial score (nSPS) is 12.5. The van der Waals surface area contributed by atoms with Crippen molar-refractivity contribution in [3.63, 3.8) is 0 Å². The molecular weight excluding hydrogens is 333 g/mol. The molecule has 132 valence electrons. The SMILES string of the molecule is CNc1cc(-c2cnc(N)c(S(OC)(OC)N(C)C)c2)c(F)cn1. The van der Waals surface area contributed by atoms with E-state index in [0.717, 1.165) is 6.20 Å². The third kappa shape index (κ3) is 3.16. The predicted molar refractivity (Wildman–Crippen MR) is 94.9 cm³/mol. The summed E-state index contributed by atoms with van der Waals surface area (Å²) in [6, 6.07) is 3.35. The van der Waals surface area contributed by atoms with Crippen LogP contribution in [0.15, 0.2) is 29.4 Å². The Bertz CT molecular complexity index is 725. The minimum absolute atomic E-state index is 0.273. The molecule has 2 rings (SSSR count).